The first-order valence-corrected chi connectivity index (χ1v) is 10.5. The highest BCUT2D eigenvalue weighted by atomic mass is 35.5. The van der Waals surface area contributed by atoms with Crippen molar-refractivity contribution < 1.29 is 23.8 Å². The maximum absolute atomic E-state index is 12.7. The fourth-order valence-electron chi connectivity index (χ4n) is 2.78. The number of carbonyl (C=O) groups excluding carboxylic acids is 2. The molecule has 9 heteroatoms. The van der Waals surface area contributed by atoms with Gasteiger partial charge in [0.05, 0.1) is 35.4 Å². The van der Waals surface area contributed by atoms with Gasteiger partial charge >= 0.3 is 5.97 Å². The first-order chi connectivity index (χ1) is 15.4. The minimum atomic E-state index is -0.429. The zero-order chi connectivity index (χ0) is 23.3. The average Bonchev–Trinajstić information content (AvgIpc) is 3.05. The van der Waals surface area contributed by atoms with Crippen molar-refractivity contribution in [3.8, 4) is 23.8 Å². The van der Waals surface area contributed by atoms with E-state index < -0.39 is 5.97 Å². The van der Waals surface area contributed by atoms with E-state index in [0.29, 0.717) is 43.4 Å². The number of benzene rings is 2. The summed E-state index contributed by atoms with van der Waals surface area (Å²) < 4.78 is 15.5. The van der Waals surface area contributed by atoms with Crippen LogP contribution < -0.4 is 9.47 Å². The molecule has 1 heterocycles. The van der Waals surface area contributed by atoms with Gasteiger partial charge in [-0.25, -0.2) is 9.79 Å². The van der Waals surface area contributed by atoms with E-state index in [0.717, 1.165) is 0 Å². The van der Waals surface area contributed by atoms with Crippen LogP contribution in [0.1, 0.15) is 15.9 Å². The van der Waals surface area contributed by atoms with Gasteiger partial charge in [0.2, 0.25) is 0 Å². The molecule has 2 aromatic carbocycles. The number of likely N-dealkylation sites (N-methyl/N-ethyl adjacent to an activating group) is 1. The number of carbonyl (C=O) groups is 2. The third kappa shape index (κ3) is 5.07. The monoisotopic (exact) mass is 470 g/mol. The van der Waals surface area contributed by atoms with Gasteiger partial charge in [-0.05, 0) is 59.8 Å². The summed E-state index contributed by atoms with van der Waals surface area (Å²) in [5.41, 5.74) is 1.68. The fourth-order valence-corrected chi connectivity index (χ4v) is 4.04. The molecule has 164 valence electrons. The summed E-state index contributed by atoms with van der Waals surface area (Å²) in [4.78, 5) is 30.7. The predicted molar refractivity (Wildman–Crippen MR) is 126 cm³/mol. The summed E-state index contributed by atoms with van der Waals surface area (Å²) in [6.07, 6.45) is 6.94. The van der Waals surface area contributed by atoms with E-state index in [2.05, 4.69) is 15.6 Å². The van der Waals surface area contributed by atoms with Crippen LogP contribution in [0.2, 0.25) is 5.02 Å². The van der Waals surface area contributed by atoms with E-state index in [9.17, 15) is 9.59 Å². The van der Waals surface area contributed by atoms with Gasteiger partial charge in [-0.15, -0.1) is 6.42 Å². The molecule has 1 aliphatic rings. The van der Waals surface area contributed by atoms with Crippen molar-refractivity contribution in [3.63, 3.8) is 0 Å². The zero-order valence-corrected chi connectivity index (χ0v) is 19.1. The molecule has 0 radical (unpaired) electrons. The maximum atomic E-state index is 12.7. The fraction of sp³-hybridized carbons (Fsp3) is 0.174. The van der Waals surface area contributed by atoms with E-state index >= 15 is 0 Å². The molecule has 1 fully saturated rings. The summed E-state index contributed by atoms with van der Waals surface area (Å²) in [7, 11) is 4.45. The zero-order valence-electron chi connectivity index (χ0n) is 17.5. The molecule has 3 rings (SSSR count). The molecule has 7 nitrogen and oxygen atoms in total. The van der Waals surface area contributed by atoms with Crippen LogP contribution in [0.25, 0.3) is 6.08 Å². The van der Waals surface area contributed by atoms with E-state index in [4.69, 9.17) is 27.5 Å². The van der Waals surface area contributed by atoms with Crippen LogP contribution in [0.4, 0.5) is 5.69 Å². The second-order valence-electron chi connectivity index (χ2n) is 6.43. The Labute approximate surface area is 195 Å². The molecule has 0 atom stereocenters. The lowest BCUT2D eigenvalue weighted by molar-refractivity contribution is -0.121. The smallest absolute Gasteiger partial charge is 0.337 e. The Balaban J connectivity index is 1.87. The number of amides is 1. The molecule has 0 aliphatic carbocycles. The summed E-state index contributed by atoms with van der Waals surface area (Å²) in [5, 5.41) is 0.814. The summed E-state index contributed by atoms with van der Waals surface area (Å²) in [6.45, 7) is 0.0517. The number of hydrogen-bond acceptors (Lipinski definition) is 7. The molecule has 1 amide bonds. The third-order valence-corrected chi connectivity index (χ3v) is 5.71. The molecule has 1 saturated heterocycles. The third-order valence-electron chi connectivity index (χ3n) is 4.37. The van der Waals surface area contributed by atoms with Crippen LogP contribution in [0.3, 0.4) is 0 Å². The van der Waals surface area contributed by atoms with Crippen molar-refractivity contribution in [2.24, 2.45) is 4.99 Å². The Morgan fingerprint density at radius 3 is 2.62 bits per heavy atom. The number of terminal acetylenes is 1. The second-order valence-corrected chi connectivity index (χ2v) is 7.85. The normalized spacial score (nSPS) is 15.7. The highest BCUT2D eigenvalue weighted by Gasteiger charge is 2.30. The van der Waals surface area contributed by atoms with Gasteiger partial charge in [0.25, 0.3) is 5.91 Å². The molecule has 1 aliphatic heterocycles. The van der Waals surface area contributed by atoms with Crippen LogP contribution in [-0.4, -0.2) is 49.8 Å². The maximum Gasteiger partial charge on any atom is 0.337 e. The quantitative estimate of drug-likeness (QED) is 0.354. The van der Waals surface area contributed by atoms with Gasteiger partial charge in [-0.1, -0.05) is 17.5 Å². The van der Waals surface area contributed by atoms with Crippen LogP contribution in [-0.2, 0) is 9.53 Å². The van der Waals surface area contributed by atoms with Crippen molar-refractivity contribution in [1.82, 2.24) is 4.90 Å². The molecule has 2 aromatic rings. The van der Waals surface area contributed by atoms with Crippen molar-refractivity contribution in [3.05, 3.63) is 57.5 Å². The molecule has 0 unspecified atom stereocenters. The largest absolute Gasteiger partial charge is 0.493 e. The van der Waals surface area contributed by atoms with E-state index in [1.165, 1.54) is 30.9 Å². The summed E-state index contributed by atoms with van der Waals surface area (Å²) >= 11 is 7.54. The predicted octanol–water partition coefficient (Wildman–Crippen LogP) is 4.38. The molecule has 0 aromatic heterocycles. The number of rotatable bonds is 6. The summed E-state index contributed by atoms with van der Waals surface area (Å²) in [5.74, 6) is 2.49. The number of esters is 1. The Morgan fingerprint density at radius 2 is 2.00 bits per heavy atom. The van der Waals surface area contributed by atoms with Gasteiger partial charge in [0, 0.05) is 7.05 Å². The van der Waals surface area contributed by atoms with E-state index in [-0.39, 0.29) is 12.5 Å². The number of methoxy groups -OCH3 is 2. The summed E-state index contributed by atoms with van der Waals surface area (Å²) in [6, 6.07) is 9.96. The number of halogens is 1. The van der Waals surface area contributed by atoms with Crippen molar-refractivity contribution in [2.45, 2.75) is 0 Å². The highest BCUT2D eigenvalue weighted by molar-refractivity contribution is 8.18. The SMILES string of the molecule is C#CCOc1c(Cl)cc(/C=C2/SC(=Nc3ccc(C(=O)OC)cc3)N(C)C2=O)cc1OC. The number of ether oxygens (including phenoxy) is 3. The lowest BCUT2D eigenvalue weighted by atomic mass is 10.2. The lowest BCUT2D eigenvalue weighted by Crippen LogP contribution is -2.23. The molecule has 0 saturated carbocycles. The number of hydrogen-bond donors (Lipinski definition) is 0. The number of thioether (sulfide) groups is 1. The minimum absolute atomic E-state index is 0.0517. The first kappa shape index (κ1) is 23.3. The molecule has 0 spiro atoms. The Morgan fingerprint density at radius 1 is 1.28 bits per heavy atom. The average molecular weight is 471 g/mol. The second kappa shape index (κ2) is 10.3. The van der Waals surface area contributed by atoms with E-state index in [1.54, 1.807) is 49.5 Å². The van der Waals surface area contributed by atoms with Gasteiger partial charge in [0.15, 0.2) is 16.7 Å². The topological polar surface area (TPSA) is 77.4 Å². The molecule has 32 heavy (non-hydrogen) atoms. The standard InChI is InChI=1S/C23H19ClN2O5S/c1-5-10-31-20-17(24)11-14(12-18(20)29-3)13-19-21(27)26(2)23(32-19)25-16-8-6-15(7-9-16)22(28)30-4/h1,6-9,11-13H,10H2,2-4H3/b19-13+,25-23?. The Hall–Kier alpha value is -3.41. The van der Waals surface area contributed by atoms with Crippen LogP contribution in [0.15, 0.2) is 46.3 Å². The Bertz CT molecular complexity index is 1150. The van der Waals surface area contributed by atoms with Crippen LogP contribution in [0.5, 0.6) is 11.5 Å². The molecular formula is C23H19ClN2O5S. The van der Waals surface area contributed by atoms with Crippen molar-refractivity contribution >= 4 is 52.2 Å². The number of aliphatic imine (C=N–C) groups is 1. The van der Waals surface area contributed by atoms with Crippen LogP contribution in [0, 0.1) is 12.3 Å². The van der Waals surface area contributed by atoms with Gasteiger partial charge in [-0.2, -0.15) is 0 Å². The van der Waals surface area contributed by atoms with Crippen molar-refractivity contribution in [1.29, 1.82) is 0 Å². The molecular weight excluding hydrogens is 452 g/mol. The molecule has 0 N–H and O–H groups in total. The van der Waals surface area contributed by atoms with E-state index in [1.807, 2.05) is 0 Å². The Kier molecular flexibility index (Phi) is 7.46. The first-order valence-electron chi connectivity index (χ1n) is 9.26. The number of amidine groups is 1. The number of nitrogens with zero attached hydrogens (tertiary/aromatic N) is 2. The minimum Gasteiger partial charge on any atom is -0.493 e. The lowest BCUT2D eigenvalue weighted by Gasteiger charge is -2.11. The molecule has 0 bridgehead atoms. The van der Waals surface area contributed by atoms with Crippen molar-refractivity contribution in [2.75, 3.05) is 27.9 Å². The van der Waals surface area contributed by atoms with Crippen LogP contribution >= 0.6 is 23.4 Å². The highest BCUT2D eigenvalue weighted by Crippen LogP contribution is 2.39. The van der Waals surface area contributed by atoms with Gasteiger partial charge < -0.3 is 14.2 Å². The van der Waals surface area contributed by atoms with Gasteiger partial charge in [0.1, 0.15) is 6.61 Å². The van der Waals surface area contributed by atoms with Gasteiger partial charge in [-0.3, -0.25) is 9.69 Å².